The van der Waals surface area contributed by atoms with Gasteiger partial charge < -0.3 is 15.2 Å². The van der Waals surface area contributed by atoms with Crippen molar-refractivity contribution < 1.29 is 9.47 Å². The lowest BCUT2D eigenvalue weighted by atomic mass is 9.89. The summed E-state index contributed by atoms with van der Waals surface area (Å²) in [6.45, 7) is 0.637. The smallest absolute Gasteiger partial charge is 0.122 e. The third kappa shape index (κ3) is 2.17. The van der Waals surface area contributed by atoms with Gasteiger partial charge in [0.2, 0.25) is 0 Å². The molecule has 2 atom stereocenters. The van der Waals surface area contributed by atoms with Crippen LogP contribution in [0.25, 0.3) is 0 Å². The second-order valence-electron chi connectivity index (χ2n) is 4.76. The average Bonchev–Trinajstić information content (AvgIpc) is 2.90. The second-order valence-corrected chi connectivity index (χ2v) is 4.76. The highest BCUT2D eigenvalue weighted by Crippen LogP contribution is 2.40. The summed E-state index contributed by atoms with van der Waals surface area (Å²) >= 11 is 0. The summed E-state index contributed by atoms with van der Waals surface area (Å²) in [7, 11) is 1.67. The molecule has 1 aliphatic heterocycles. The van der Waals surface area contributed by atoms with Crippen LogP contribution in [0.15, 0.2) is 48.5 Å². The first kappa shape index (κ1) is 12.1. The van der Waals surface area contributed by atoms with E-state index >= 15 is 0 Å². The topological polar surface area (TPSA) is 44.5 Å². The molecule has 0 radical (unpaired) electrons. The summed E-state index contributed by atoms with van der Waals surface area (Å²) in [5, 5.41) is 0. The van der Waals surface area contributed by atoms with Crippen molar-refractivity contribution in [3.8, 4) is 11.5 Å². The molecule has 0 fully saturated rings. The lowest BCUT2D eigenvalue weighted by molar-refractivity contribution is 0.315. The highest BCUT2D eigenvalue weighted by Gasteiger charge is 2.29. The summed E-state index contributed by atoms with van der Waals surface area (Å²) in [4.78, 5) is 0. The Balaban J connectivity index is 1.90. The molecule has 0 spiro atoms. The van der Waals surface area contributed by atoms with E-state index in [1.807, 2.05) is 42.5 Å². The molecule has 19 heavy (non-hydrogen) atoms. The van der Waals surface area contributed by atoms with Gasteiger partial charge in [0.25, 0.3) is 0 Å². The van der Waals surface area contributed by atoms with Crippen LogP contribution in [0, 0.1) is 0 Å². The summed E-state index contributed by atoms with van der Waals surface area (Å²) in [5.41, 5.74) is 8.67. The zero-order valence-electron chi connectivity index (χ0n) is 10.9. The number of hydrogen-bond donors (Lipinski definition) is 1. The summed E-state index contributed by atoms with van der Waals surface area (Å²) < 4.78 is 10.9. The van der Waals surface area contributed by atoms with Crippen LogP contribution < -0.4 is 15.2 Å². The molecule has 1 heterocycles. The average molecular weight is 255 g/mol. The number of nitrogens with two attached hydrogens (primary N) is 1. The van der Waals surface area contributed by atoms with E-state index in [0.29, 0.717) is 6.61 Å². The molecule has 0 saturated heterocycles. The quantitative estimate of drug-likeness (QED) is 0.917. The third-order valence-electron chi connectivity index (χ3n) is 3.65. The van der Waals surface area contributed by atoms with Gasteiger partial charge in [0.15, 0.2) is 0 Å². The fraction of sp³-hybridized carbons (Fsp3) is 0.250. The van der Waals surface area contributed by atoms with Gasteiger partial charge in [0.05, 0.1) is 13.7 Å². The standard InChI is InChI=1S/C16H17NO2/c1-18-12-6-4-5-11(9-12)16(17)14-10-19-15-8-3-2-7-13(14)15/h2-9,14,16H,10,17H2,1H3. The third-order valence-corrected chi connectivity index (χ3v) is 3.65. The van der Waals surface area contributed by atoms with Gasteiger partial charge in [0.1, 0.15) is 11.5 Å². The Morgan fingerprint density at radius 3 is 2.89 bits per heavy atom. The summed E-state index contributed by atoms with van der Waals surface area (Å²) in [5.74, 6) is 1.98. The number of ether oxygens (including phenoxy) is 2. The molecule has 0 aromatic heterocycles. The number of fused-ring (bicyclic) bond motifs is 1. The van der Waals surface area contributed by atoms with Gasteiger partial charge in [-0.05, 0) is 23.8 Å². The minimum absolute atomic E-state index is 0.0845. The van der Waals surface area contributed by atoms with E-state index in [1.54, 1.807) is 7.11 Å². The van der Waals surface area contributed by atoms with Gasteiger partial charge in [-0.25, -0.2) is 0 Å². The maximum Gasteiger partial charge on any atom is 0.122 e. The Kier molecular flexibility index (Phi) is 3.13. The van der Waals surface area contributed by atoms with E-state index in [4.69, 9.17) is 15.2 Å². The van der Waals surface area contributed by atoms with Crippen LogP contribution >= 0.6 is 0 Å². The van der Waals surface area contributed by atoms with Gasteiger partial charge in [0, 0.05) is 17.5 Å². The molecular formula is C16H17NO2. The molecule has 0 bridgehead atoms. The van der Waals surface area contributed by atoms with Gasteiger partial charge in [-0.15, -0.1) is 0 Å². The summed E-state index contributed by atoms with van der Waals surface area (Å²) in [6, 6.07) is 15.9. The van der Waals surface area contributed by atoms with Crippen LogP contribution in [0.2, 0.25) is 0 Å². The van der Waals surface area contributed by atoms with Crippen molar-refractivity contribution in [2.24, 2.45) is 5.73 Å². The number of methoxy groups -OCH3 is 1. The van der Waals surface area contributed by atoms with E-state index in [9.17, 15) is 0 Å². The van der Waals surface area contributed by atoms with E-state index < -0.39 is 0 Å². The Bertz CT molecular complexity index is 582. The normalized spacial score (nSPS) is 18.5. The zero-order valence-corrected chi connectivity index (χ0v) is 10.9. The van der Waals surface area contributed by atoms with Gasteiger partial charge in [-0.1, -0.05) is 30.3 Å². The SMILES string of the molecule is COc1cccc(C(N)C2COc3ccccc32)c1. The van der Waals surface area contributed by atoms with E-state index in [-0.39, 0.29) is 12.0 Å². The van der Waals surface area contributed by atoms with Crippen molar-refractivity contribution in [3.05, 3.63) is 59.7 Å². The Morgan fingerprint density at radius 1 is 1.21 bits per heavy atom. The highest BCUT2D eigenvalue weighted by atomic mass is 16.5. The fourth-order valence-electron chi connectivity index (χ4n) is 2.57. The molecule has 2 aromatic carbocycles. The van der Waals surface area contributed by atoms with Crippen molar-refractivity contribution in [2.45, 2.75) is 12.0 Å². The van der Waals surface area contributed by atoms with Gasteiger partial charge >= 0.3 is 0 Å². The number of benzene rings is 2. The molecule has 0 aliphatic carbocycles. The van der Waals surface area contributed by atoms with E-state index in [2.05, 4.69) is 6.07 Å². The predicted molar refractivity (Wildman–Crippen MR) is 74.6 cm³/mol. The molecule has 98 valence electrons. The molecular weight excluding hydrogens is 238 g/mol. The Morgan fingerprint density at radius 2 is 2.05 bits per heavy atom. The minimum atomic E-state index is -0.0845. The zero-order chi connectivity index (χ0) is 13.2. The van der Waals surface area contributed by atoms with Crippen molar-refractivity contribution in [1.29, 1.82) is 0 Å². The largest absolute Gasteiger partial charge is 0.497 e. The molecule has 0 amide bonds. The molecule has 2 unspecified atom stereocenters. The van der Waals surface area contributed by atoms with E-state index in [1.165, 1.54) is 5.56 Å². The lowest BCUT2D eigenvalue weighted by Gasteiger charge is -2.19. The molecule has 2 N–H and O–H groups in total. The first-order valence-corrected chi connectivity index (χ1v) is 6.41. The first-order valence-electron chi connectivity index (χ1n) is 6.41. The van der Waals surface area contributed by atoms with Crippen LogP contribution in [-0.2, 0) is 0 Å². The molecule has 3 rings (SSSR count). The molecule has 0 saturated carbocycles. The number of rotatable bonds is 3. The Hall–Kier alpha value is -2.00. The minimum Gasteiger partial charge on any atom is -0.497 e. The highest BCUT2D eigenvalue weighted by molar-refractivity contribution is 5.42. The van der Waals surface area contributed by atoms with Gasteiger partial charge in [-0.2, -0.15) is 0 Å². The molecule has 2 aromatic rings. The van der Waals surface area contributed by atoms with Crippen molar-refractivity contribution in [2.75, 3.05) is 13.7 Å². The monoisotopic (exact) mass is 255 g/mol. The second kappa shape index (κ2) is 4.94. The van der Waals surface area contributed by atoms with Crippen LogP contribution in [-0.4, -0.2) is 13.7 Å². The maximum atomic E-state index is 6.40. The van der Waals surface area contributed by atoms with Crippen molar-refractivity contribution >= 4 is 0 Å². The number of para-hydroxylation sites is 1. The predicted octanol–water partition coefficient (Wildman–Crippen LogP) is 2.87. The van der Waals surface area contributed by atoms with Crippen LogP contribution in [0.1, 0.15) is 23.1 Å². The summed E-state index contributed by atoms with van der Waals surface area (Å²) in [6.07, 6.45) is 0. The number of hydrogen-bond acceptors (Lipinski definition) is 3. The van der Waals surface area contributed by atoms with Crippen LogP contribution in [0.4, 0.5) is 0 Å². The first-order chi connectivity index (χ1) is 9.29. The Labute approximate surface area is 113 Å². The lowest BCUT2D eigenvalue weighted by Crippen LogP contribution is -2.21. The molecule has 3 heteroatoms. The maximum absolute atomic E-state index is 6.40. The van der Waals surface area contributed by atoms with Crippen molar-refractivity contribution in [1.82, 2.24) is 0 Å². The van der Waals surface area contributed by atoms with Gasteiger partial charge in [-0.3, -0.25) is 0 Å². The van der Waals surface area contributed by atoms with Crippen LogP contribution in [0.3, 0.4) is 0 Å². The molecule has 3 nitrogen and oxygen atoms in total. The van der Waals surface area contributed by atoms with Crippen LogP contribution in [0.5, 0.6) is 11.5 Å². The fourth-order valence-corrected chi connectivity index (χ4v) is 2.57. The molecule has 1 aliphatic rings. The van der Waals surface area contributed by atoms with E-state index in [0.717, 1.165) is 17.1 Å². The van der Waals surface area contributed by atoms with Crippen molar-refractivity contribution in [3.63, 3.8) is 0 Å².